The molecule has 1 N–H and O–H groups in total. The van der Waals surface area contributed by atoms with Gasteiger partial charge in [-0.2, -0.15) is 0 Å². The molecule has 3 aromatic rings. The summed E-state index contributed by atoms with van der Waals surface area (Å²) in [6, 6.07) is 7.77. The van der Waals surface area contributed by atoms with E-state index in [2.05, 4.69) is 15.0 Å². The number of imidazole rings is 1. The lowest BCUT2D eigenvalue weighted by atomic mass is 10.2. The van der Waals surface area contributed by atoms with Gasteiger partial charge >= 0.3 is 0 Å². The zero-order chi connectivity index (χ0) is 13.5. The fourth-order valence-corrected chi connectivity index (χ4v) is 2.39. The number of benzene rings is 1. The zero-order valence-corrected chi connectivity index (χ0v) is 11.0. The molecule has 0 aliphatic carbocycles. The first-order valence-electron chi connectivity index (χ1n) is 6.52. The van der Waals surface area contributed by atoms with Crippen molar-refractivity contribution in [3.05, 3.63) is 36.0 Å². The second-order valence-corrected chi connectivity index (χ2v) is 4.77. The van der Waals surface area contributed by atoms with Gasteiger partial charge in [-0.15, -0.1) is 0 Å². The molecule has 3 heterocycles. The van der Waals surface area contributed by atoms with Crippen molar-refractivity contribution >= 4 is 11.0 Å². The molecular weight excluding hydrogens is 254 g/mol. The van der Waals surface area contributed by atoms with Gasteiger partial charge in [-0.25, -0.2) is 4.98 Å². The summed E-state index contributed by atoms with van der Waals surface area (Å²) in [5, 5.41) is 0. The third-order valence-corrected chi connectivity index (χ3v) is 3.38. The van der Waals surface area contributed by atoms with E-state index >= 15 is 0 Å². The Kier molecular flexibility index (Phi) is 2.39. The molecule has 0 spiro atoms. The van der Waals surface area contributed by atoms with Gasteiger partial charge in [0.2, 0.25) is 0 Å². The van der Waals surface area contributed by atoms with E-state index in [1.807, 2.05) is 31.2 Å². The number of hydrogen-bond acceptors (Lipinski definition) is 4. The quantitative estimate of drug-likeness (QED) is 0.736. The average molecular weight is 267 g/mol. The molecular formula is C15H13N3O2. The number of aromatic nitrogens is 3. The fraction of sp³-hybridized carbons (Fsp3) is 0.200. The highest BCUT2D eigenvalue weighted by Gasteiger charge is 2.16. The second kappa shape index (κ2) is 4.23. The molecule has 100 valence electrons. The van der Waals surface area contributed by atoms with Gasteiger partial charge in [0.05, 0.1) is 11.0 Å². The highest BCUT2D eigenvalue weighted by atomic mass is 16.6. The molecule has 0 unspecified atom stereocenters. The molecule has 1 aliphatic heterocycles. The number of rotatable bonds is 1. The number of hydrogen-bond donors (Lipinski definition) is 1. The molecule has 0 bridgehead atoms. The third kappa shape index (κ3) is 1.71. The number of fused-ring (bicyclic) bond motifs is 2. The minimum Gasteiger partial charge on any atom is -0.486 e. The Bertz CT molecular complexity index is 752. The number of aromatic amines is 1. The molecule has 4 rings (SSSR count). The van der Waals surface area contributed by atoms with Crippen LogP contribution >= 0.6 is 0 Å². The summed E-state index contributed by atoms with van der Waals surface area (Å²) in [7, 11) is 0. The lowest BCUT2D eigenvalue weighted by molar-refractivity contribution is 0.172. The SMILES string of the molecule is Cc1cccnc1-c1nc2cc3c(cc2[nH]1)OCCO3. The minimum atomic E-state index is 0.579. The molecule has 0 atom stereocenters. The monoisotopic (exact) mass is 267 g/mol. The highest BCUT2D eigenvalue weighted by Crippen LogP contribution is 2.34. The Morgan fingerprint density at radius 3 is 2.75 bits per heavy atom. The van der Waals surface area contributed by atoms with E-state index in [1.54, 1.807) is 6.20 Å². The summed E-state index contributed by atoms with van der Waals surface area (Å²) in [4.78, 5) is 12.3. The van der Waals surface area contributed by atoms with Gasteiger partial charge in [0.15, 0.2) is 17.3 Å². The van der Waals surface area contributed by atoms with Crippen molar-refractivity contribution in [2.45, 2.75) is 6.92 Å². The zero-order valence-electron chi connectivity index (χ0n) is 11.0. The van der Waals surface area contributed by atoms with Crippen LogP contribution in [0.3, 0.4) is 0 Å². The van der Waals surface area contributed by atoms with Gasteiger partial charge < -0.3 is 14.5 Å². The first-order valence-corrected chi connectivity index (χ1v) is 6.52. The van der Waals surface area contributed by atoms with Crippen LogP contribution in [-0.4, -0.2) is 28.2 Å². The maximum absolute atomic E-state index is 5.58. The largest absolute Gasteiger partial charge is 0.486 e. The van der Waals surface area contributed by atoms with Gasteiger partial charge in [0.1, 0.15) is 18.9 Å². The Hall–Kier alpha value is -2.56. The molecule has 0 fully saturated rings. The van der Waals surface area contributed by atoms with Crippen LogP contribution in [0.2, 0.25) is 0 Å². The van der Waals surface area contributed by atoms with Crippen LogP contribution in [0, 0.1) is 6.92 Å². The van der Waals surface area contributed by atoms with E-state index in [0.29, 0.717) is 13.2 Å². The van der Waals surface area contributed by atoms with Crippen LogP contribution in [0.5, 0.6) is 11.5 Å². The van der Waals surface area contributed by atoms with Crippen LogP contribution in [0.4, 0.5) is 0 Å². The van der Waals surface area contributed by atoms with E-state index in [-0.39, 0.29) is 0 Å². The number of pyridine rings is 1. The van der Waals surface area contributed by atoms with E-state index in [9.17, 15) is 0 Å². The molecule has 5 nitrogen and oxygen atoms in total. The average Bonchev–Trinajstić information content (AvgIpc) is 2.87. The summed E-state index contributed by atoms with van der Waals surface area (Å²) >= 11 is 0. The minimum absolute atomic E-state index is 0.579. The fourth-order valence-electron chi connectivity index (χ4n) is 2.39. The smallest absolute Gasteiger partial charge is 0.163 e. The molecule has 1 aliphatic rings. The van der Waals surface area contributed by atoms with Crippen molar-refractivity contribution < 1.29 is 9.47 Å². The molecule has 2 aromatic heterocycles. The lowest BCUT2D eigenvalue weighted by Crippen LogP contribution is -2.15. The standard InChI is InChI=1S/C15H13N3O2/c1-9-3-2-4-16-14(9)15-17-10-7-12-13(8-11(10)18-15)20-6-5-19-12/h2-4,7-8H,5-6H2,1H3,(H,17,18). The number of H-pyrrole nitrogens is 1. The molecule has 0 saturated carbocycles. The van der Waals surface area contributed by atoms with E-state index in [1.165, 1.54) is 0 Å². The molecule has 0 radical (unpaired) electrons. The predicted octanol–water partition coefficient (Wildman–Crippen LogP) is 2.70. The third-order valence-electron chi connectivity index (χ3n) is 3.38. The Morgan fingerprint density at radius 1 is 1.15 bits per heavy atom. The summed E-state index contributed by atoms with van der Waals surface area (Å²) in [5.41, 5.74) is 3.73. The summed E-state index contributed by atoms with van der Waals surface area (Å²) < 4.78 is 11.2. The predicted molar refractivity (Wildman–Crippen MR) is 75.1 cm³/mol. The maximum atomic E-state index is 5.58. The first kappa shape index (κ1) is 11.3. The van der Waals surface area contributed by atoms with Crippen molar-refractivity contribution in [1.29, 1.82) is 0 Å². The van der Waals surface area contributed by atoms with E-state index in [4.69, 9.17) is 9.47 Å². The molecule has 1 aromatic carbocycles. The van der Waals surface area contributed by atoms with Crippen LogP contribution in [-0.2, 0) is 0 Å². The Balaban J connectivity index is 1.89. The van der Waals surface area contributed by atoms with Crippen LogP contribution in [0.15, 0.2) is 30.5 Å². The maximum Gasteiger partial charge on any atom is 0.163 e. The molecule has 5 heteroatoms. The van der Waals surface area contributed by atoms with Crippen molar-refractivity contribution in [2.24, 2.45) is 0 Å². The Morgan fingerprint density at radius 2 is 1.95 bits per heavy atom. The van der Waals surface area contributed by atoms with E-state index < -0.39 is 0 Å². The number of ether oxygens (including phenoxy) is 2. The van der Waals surface area contributed by atoms with Gasteiger partial charge in [0.25, 0.3) is 0 Å². The van der Waals surface area contributed by atoms with Gasteiger partial charge in [-0.1, -0.05) is 6.07 Å². The van der Waals surface area contributed by atoms with Crippen molar-refractivity contribution in [3.63, 3.8) is 0 Å². The summed E-state index contributed by atoms with van der Waals surface area (Å²) in [6.07, 6.45) is 1.77. The normalized spacial score (nSPS) is 13.7. The van der Waals surface area contributed by atoms with Crippen LogP contribution in [0.25, 0.3) is 22.6 Å². The van der Waals surface area contributed by atoms with Gasteiger partial charge in [0, 0.05) is 18.3 Å². The number of nitrogens with zero attached hydrogens (tertiary/aromatic N) is 2. The summed E-state index contributed by atoms with van der Waals surface area (Å²) in [5.74, 6) is 2.27. The van der Waals surface area contributed by atoms with Crippen LogP contribution in [0.1, 0.15) is 5.56 Å². The van der Waals surface area contributed by atoms with Crippen LogP contribution < -0.4 is 9.47 Å². The number of aryl methyl sites for hydroxylation is 1. The molecule has 20 heavy (non-hydrogen) atoms. The molecule has 0 saturated heterocycles. The first-order chi connectivity index (χ1) is 9.81. The second-order valence-electron chi connectivity index (χ2n) is 4.77. The van der Waals surface area contributed by atoms with Crippen molar-refractivity contribution in [3.8, 4) is 23.0 Å². The molecule has 0 amide bonds. The highest BCUT2D eigenvalue weighted by molar-refractivity contribution is 5.83. The van der Waals surface area contributed by atoms with Crippen molar-refractivity contribution in [2.75, 3.05) is 13.2 Å². The van der Waals surface area contributed by atoms with E-state index in [0.717, 1.165) is 39.6 Å². The van der Waals surface area contributed by atoms with Gasteiger partial charge in [-0.3, -0.25) is 4.98 Å². The Labute approximate surface area is 115 Å². The van der Waals surface area contributed by atoms with Gasteiger partial charge in [-0.05, 0) is 18.6 Å². The summed E-state index contributed by atoms with van der Waals surface area (Å²) in [6.45, 7) is 3.18. The lowest BCUT2D eigenvalue weighted by Gasteiger charge is -2.17. The number of nitrogens with one attached hydrogen (secondary N) is 1. The van der Waals surface area contributed by atoms with Crippen molar-refractivity contribution in [1.82, 2.24) is 15.0 Å². The topological polar surface area (TPSA) is 60.0 Å².